The zero-order chi connectivity index (χ0) is 24.7. The molecule has 6 heteroatoms. The van der Waals surface area contributed by atoms with Gasteiger partial charge in [-0.3, -0.25) is 0 Å². The maximum absolute atomic E-state index is 6.09. The molecule has 3 saturated heterocycles. The largest absolute Gasteiger partial charge is 0.491 e. The van der Waals surface area contributed by atoms with Crippen molar-refractivity contribution in [2.24, 2.45) is 0 Å². The van der Waals surface area contributed by atoms with Crippen molar-refractivity contribution in [2.45, 2.75) is 64.6 Å². The van der Waals surface area contributed by atoms with Gasteiger partial charge < -0.3 is 28.7 Å². The monoisotopic (exact) mass is 494 g/mol. The second kappa shape index (κ2) is 12.2. The average molecular weight is 495 g/mol. The van der Waals surface area contributed by atoms with E-state index in [9.17, 15) is 0 Å². The molecule has 6 nitrogen and oxygen atoms in total. The van der Waals surface area contributed by atoms with Crippen LogP contribution in [0.25, 0.3) is 0 Å². The first-order chi connectivity index (χ1) is 17.7. The molecule has 36 heavy (non-hydrogen) atoms. The van der Waals surface area contributed by atoms with Crippen LogP contribution in [0.15, 0.2) is 36.4 Å². The van der Waals surface area contributed by atoms with Crippen molar-refractivity contribution in [1.29, 1.82) is 0 Å². The van der Waals surface area contributed by atoms with Crippen LogP contribution in [0, 0.1) is 0 Å². The molecule has 0 spiro atoms. The number of epoxide rings is 2. The Hall–Kier alpha value is -2.44. The van der Waals surface area contributed by atoms with Gasteiger partial charge in [-0.1, -0.05) is 26.7 Å². The Bertz CT molecular complexity index is 901. The smallest absolute Gasteiger partial charge is 0.122 e. The zero-order valence-electron chi connectivity index (χ0n) is 22.0. The molecular formula is C30H42N2O4. The molecular weight excluding hydrogens is 452 g/mol. The Labute approximate surface area is 216 Å². The number of nitrogens with zero attached hydrogens (tertiary/aromatic N) is 2. The summed E-state index contributed by atoms with van der Waals surface area (Å²) in [5, 5.41) is 0. The van der Waals surface area contributed by atoms with Crippen LogP contribution in [0.2, 0.25) is 0 Å². The number of benzene rings is 2. The maximum atomic E-state index is 6.09. The second-order valence-electron chi connectivity index (χ2n) is 10.3. The lowest BCUT2D eigenvalue weighted by Crippen LogP contribution is -2.46. The molecule has 0 aliphatic carbocycles. The van der Waals surface area contributed by atoms with E-state index in [1.54, 1.807) is 0 Å². The highest BCUT2D eigenvalue weighted by Crippen LogP contribution is 2.31. The Kier molecular flexibility index (Phi) is 8.55. The minimum atomic E-state index is 0.284. The minimum absolute atomic E-state index is 0.284. The molecule has 2 aromatic carbocycles. The molecule has 5 rings (SSSR count). The van der Waals surface area contributed by atoms with Gasteiger partial charge in [-0.25, -0.2) is 0 Å². The third kappa shape index (κ3) is 6.86. The molecule has 0 amide bonds. The van der Waals surface area contributed by atoms with Crippen molar-refractivity contribution in [3.8, 4) is 11.5 Å². The molecule has 2 atom stereocenters. The van der Waals surface area contributed by atoms with Crippen molar-refractivity contribution >= 4 is 11.4 Å². The topological polar surface area (TPSA) is 50.0 Å². The summed E-state index contributed by atoms with van der Waals surface area (Å²) < 4.78 is 22.8. The van der Waals surface area contributed by atoms with Crippen molar-refractivity contribution in [2.75, 3.05) is 62.4 Å². The van der Waals surface area contributed by atoms with Crippen LogP contribution in [0.1, 0.15) is 50.7 Å². The summed E-state index contributed by atoms with van der Waals surface area (Å²) in [7, 11) is 0. The zero-order valence-corrected chi connectivity index (χ0v) is 22.0. The number of rotatable bonds is 14. The normalized spacial score (nSPS) is 20.9. The third-order valence-electron chi connectivity index (χ3n) is 7.35. The number of ether oxygens (including phenoxy) is 4. The highest BCUT2D eigenvalue weighted by molar-refractivity contribution is 5.57. The number of hydrogen-bond donors (Lipinski definition) is 0. The molecule has 0 radical (unpaired) electrons. The third-order valence-corrected chi connectivity index (χ3v) is 7.35. The van der Waals surface area contributed by atoms with Crippen molar-refractivity contribution < 1.29 is 18.9 Å². The lowest BCUT2D eigenvalue weighted by molar-refractivity contribution is 0.261. The molecule has 3 aliphatic heterocycles. The molecule has 2 unspecified atom stereocenters. The highest BCUT2D eigenvalue weighted by Gasteiger charge is 2.25. The van der Waals surface area contributed by atoms with Gasteiger partial charge in [0.15, 0.2) is 0 Å². The van der Waals surface area contributed by atoms with E-state index >= 15 is 0 Å². The van der Waals surface area contributed by atoms with Crippen LogP contribution in [-0.4, -0.2) is 64.8 Å². The van der Waals surface area contributed by atoms with Gasteiger partial charge in [-0.05, 0) is 73.2 Å². The molecule has 3 aliphatic rings. The quantitative estimate of drug-likeness (QED) is 0.334. The van der Waals surface area contributed by atoms with Gasteiger partial charge in [0, 0.05) is 37.6 Å². The Morgan fingerprint density at radius 2 is 1.11 bits per heavy atom. The van der Waals surface area contributed by atoms with Crippen molar-refractivity contribution in [1.82, 2.24) is 0 Å². The summed E-state index contributed by atoms with van der Waals surface area (Å²) in [6, 6.07) is 13.5. The highest BCUT2D eigenvalue weighted by atomic mass is 16.6. The SMILES string of the molecule is CCCCc1cc(N2CCN(c3ccc(OCC4CO4)c(CCCC)c3)CC2)ccc1OCC1CO1. The molecule has 0 bridgehead atoms. The van der Waals surface area contributed by atoms with Gasteiger partial charge in [-0.2, -0.15) is 0 Å². The summed E-state index contributed by atoms with van der Waals surface area (Å²) >= 11 is 0. The molecule has 3 heterocycles. The molecule has 196 valence electrons. The fraction of sp³-hybridized carbons (Fsp3) is 0.600. The Morgan fingerprint density at radius 1 is 0.694 bits per heavy atom. The van der Waals surface area contributed by atoms with E-state index in [0.29, 0.717) is 13.2 Å². The van der Waals surface area contributed by atoms with Crippen molar-refractivity contribution in [3.63, 3.8) is 0 Å². The number of aryl methyl sites for hydroxylation is 2. The summed E-state index contributed by atoms with van der Waals surface area (Å²) in [5.41, 5.74) is 5.27. The van der Waals surface area contributed by atoms with E-state index in [1.807, 2.05) is 0 Å². The summed E-state index contributed by atoms with van der Waals surface area (Å²) in [4.78, 5) is 5.04. The standard InChI is InChI=1S/C30H42N2O4/c1-3-5-7-23-17-25(9-11-29(23)35-21-27-19-33-27)31-13-15-32(16-14-31)26-10-12-30(36-22-28-20-34-28)24(18-26)8-6-4-2/h9-12,17-18,27-28H,3-8,13-16,19-22H2,1-2H3. The van der Waals surface area contributed by atoms with Crippen LogP contribution in [0.5, 0.6) is 11.5 Å². The van der Waals surface area contributed by atoms with Crippen molar-refractivity contribution in [3.05, 3.63) is 47.5 Å². The van der Waals surface area contributed by atoms with Gasteiger partial charge in [0.25, 0.3) is 0 Å². The van der Waals surface area contributed by atoms with Gasteiger partial charge in [0.1, 0.15) is 36.9 Å². The number of hydrogen-bond acceptors (Lipinski definition) is 6. The van der Waals surface area contributed by atoms with E-state index in [2.05, 4.69) is 60.0 Å². The molecule has 0 N–H and O–H groups in total. The van der Waals surface area contributed by atoms with Crippen LogP contribution >= 0.6 is 0 Å². The molecule has 3 fully saturated rings. The first-order valence-electron chi connectivity index (χ1n) is 14.0. The number of unbranched alkanes of at least 4 members (excludes halogenated alkanes) is 2. The second-order valence-corrected chi connectivity index (χ2v) is 10.3. The summed E-state index contributed by atoms with van der Waals surface area (Å²) in [6.45, 7) is 11.6. The number of anilines is 2. The van der Waals surface area contributed by atoms with Crippen LogP contribution in [-0.2, 0) is 22.3 Å². The van der Waals surface area contributed by atoms with Crippen LogP contribution in [0.3, 0.4) is 0 Å². The first kappa shape index (κ1) is 25.2. The van der Waals surface area contributed by atoms with Gasteiger partial charge in [0.2, 0.25) is 0 Å². The predicted molar refractivity (Wildman–Crippen MR) is 145 cm³/mol. The van der Waals surface area contributed by atoms with E-state index in [-0.39, 0.29) is 12.2 Å². The van der Waals surface area contributed by atoms with Gasteiger partial charge in [0.05, 0.1) is 13.2 Å². The van der Waals surface area contributed by atoms with E-state index in [0.717, 1.165) is 63.7 Å². The summed E-state index contributed by atoms with van der Waals surface area (Å²) in [5.74, 6) is 2.05. The maximum Gasteiger partial charge on any atom is 0.122 e. The average Bonchev–Trinajstić information content (AvgIpc) is 3.84. The van der Waals surface area contributed by atoms with E-state index in [4.69, 9.17) is 18.9 Å². The molecule has 2 aromatic rings. The predicted octanol–water partition coefficient (Wildman–Crippen LogP) is 5.25. The van der Waals surface area contributed by atoms with Crippen LogP contribution in [0.4, 0.5) is 11.4 Å². The minimum Gasteiger partial charge on any atom is -0.491 e. The lowest BCUT2D eigenvalue weighted by Gasteiger charge is -2.38. The van der Waals surface area contributed by atoms with Crippen LogP contribution < -0.4 is 19.3 Å². The fourth-order valence-electron chi connectivity index (χ4n) is 4.85. The van der Waals surface area contributed by atoms with Gasteiger partial charge in [-0.15, -0.1) is 0 Å². The lowest BCUT2D eigenvalue weighted by atomic mass is 10.0. The fourth-order valence-corrected chi connectivity index (χ4v) is 4.85. The molecule has 0 saturated carbocycles. The Morgan fingerprint density at radius 3 is 1.47 bits per heavy atom. The first-order valence-corrected chi connectivity index (χ1v) is 14.0. The van der Waals surface area contributed by atoms with E-state index in [1.165, 1.54) is 48.2 Å². The Balaban J connectivity index is 1.21. The van der Waals surface area contributed by atoms with E-state index < -0.39 is 0 Å². The molecule has 0 aromatic heterocycles. The van der Waals surface area contributed by atoms with Gasteiger partial charge >= 0.3 is 0 Å². The summed E-state index contributed by atoms with van der Waals surface area (Å²) in [6.07, 6.45) is 7.43. The number of piperazine rings is 1.